The van der Waals surface area contributed by atoms with Gasteiger partial charge < -0.3 is 14.5 Å². The Kier molecular flexibility index (Phi) is 6.00. The number of carbonyl (C=O) groups is 1. The highest BCUT2D eigenvalue weighted by atomic mass is 32.1. The summed E-state index contributed by atoms with van der Waals surface area (Å²) in [5.41, 5.74) is 3.32. The molecule has 0 atom stereocenters. The van der Waals surface area contributed by atoms with Crippen LogP contribution in [0.3, 0.4) is 0 Å². The molecule has 0 spiro atoms. The van der Waals surface area contributed by atoms with Crippen molar-refractivity contribution in [2.24, 2.45) is 0 Å². The van der Waals surface area contributed by atoms with E-state index in [1.165, 1.54) is 4.88 Å². The zero-order valence-electron chi connectivity index (χ0n) is 20.0. The number of thiophene rings is 1. The molecule has 1 fully saturated rings. The normalized spacial score (nSPS) is 14.3. The molecule has 4 heterocycles. The van der Waals surface area contributed by atoms with Crippen LogP contribution >= 0.6 is 11.3 Å². The van der Waals surface area contributed by atoms with E-state index >= 15 is 0 Å². The molecule has 3 aromatic heterocycles. The lowest BCUT2D eigenvalue weighted by molar-refractivity contribution is 0.0748. The van der Waals surface area contributed by atoms with E-state index in [1.807, 2.05) is 33.8 Å². The highest BCUT2D eigenvalue weighted by molar-refractivity contribution is 7.15. The number of methoxy groups -OCH3 is 1. The number of rotatable bonds is 5. The summed E-state index contributed by atoms with van der Waals surface area (Å²) in [4.78, 5) is 25.2. The molecule has 0 saturated carbocycles. The second-order valence-corrected chi connectivity index (χ2v) is 10.1. The number of nitrogens with zero attached hydrogens (tertiary/aromatic N) is 5. The third-order valence-corrected chi connectivity index (χ3v) is 7.30. The average Bonchev–Trinajstić information content (AvgIpc) is 3.49. The molecule has 176 valence electrons. The van der Waals surface area contributed by atoms with Gasteiger partial charge >= 0.3 is 0 Å². The zero-order chi connectivity index (χ0) is 23.8. The summed E-state index contributed by atoms with van der Waals surface area (Å²) in [5, 5.41) is 5.37. The van der Waals surface area contributed by atoms with Gasteiger partial charge in [-0.1, -0.05) is 12.1 Å². The van der Waals surface area contributed by atoms with Gasteiger partial charge in [0.05, 0.1) is 40.5 Å². The first kappa shape index (κ1) is 22.4. The minimum absolute atomic E-state index is 0.0323. The van der Waals surface area contributed by atoms with E-state index in [2.05, 4.69) is 49.0 Å². The van der Waals surface area contributed by atoms with Crippen LogP contribution < -0.4 is 9.64 Å². The summed E-state index contributed by atoms with van der Waals surface area (Å²) < 4.78 is 7.43. The van der Waals surface area contributed by atoms with Crippen LogP contribution in [0.2, 0.25) is 0 Å². The van der Waals surface area contributed by atoms with Crippen LogP contribution in [0.15, 0.2) is 48.7 Å². The number of hydrogen-bond acceptors (Lipinski definition) is 6. The molecule has 1 aliphatic heterocycles. The number of piperazine rings is 1. The summed E-state index contributed by atoms with van der Waals surface area (Å²) in [6.07, 6.45) is 1.78. The molecular weight excluding hydrogens is 446 g/mol. The van der Waals surface area contributed by atoms with Crippen LogP contribution in [-0.4, -0.2) is 58.9 Å². The third kappa shape index (κ3) is 4.03. The Bertz CT molecular complexity index is 1330. The second kappa shape index (κ2) is 9.10. The fourth-order valence-electron chi connectivity index (χ4n) is 4.48. The Hall–Kier alpha value is -3.39. The number of ether oxygens (including phenoxy) is 1. The number of pyridine rings is 1. The standard InChI is InChI=1S/C26H29N5O2S/c1-17(2)31-25-20(16-27-31)19(15-21(28-25)24-10-9-18(3)34-24)26(32)30-13-11-29(12-14-30)22-7-5-6-8-23(22)33-4/h5-10,15-17H,11-14H2,1-4H3. The molecule has 1 aromatic carbocycles. The number of carbonyl (C=O) groups excluding carboxylic acids is 1. The van der Waals surface area contributed by atoms with Crippen molar-refractivity contribution in [1.82, 2.24) is 19.7 Å². The van der Waals surface area contributed by atoms with Crippen LogP contribution in [0.1, 0.15) is 35.1 Å². The van der Waals surface area contributed by atoms with Gasteiger partial charge in [-0.05, 0) is 51.1 Å². The van der Waals surface area contributed by atoms with E-state index in [0.29, 0.717) is 18.7 Å². The Labute approximate surface area is 203 Å². The smallest absolute Gasteiger partial charge is 0.254 e. The predicted molar refractivity (Wildman–Crippen MR) is 137 cm³/mol. The van der Waals surface area contributed by atoms with Crippen molar-refractivity contribution in [2.75, 3.05) is 38.2 Å². The first-order chi connectivity index (χ1) is 16.5. The maximum atomic E-state index is 13.8. The fourth-order valence-corrected chi connectivity index (χ4v) is 5.31. The Morgan fingerprint density at radius 3 is 2.53 bits per heavy atom. The monoisotopic (exact) mass is 475 g/mol. The summed E-state index contributed by atoms with van der Waals surface area (Å²) in [6.45, 7) is 9.03. The number of amides is 1. The Morgan fingerprint density at radius 1 is 1.09 bits per heavy atom. The van der Waals surface area contributed by atoms with Crippen LogP contribution in [0.25, 0.3) is 21.6 Å². The van der Waals surface area contributed by atoms with Gasteiger partial charge in [-0.3, -0.25) is 4.79 Å². The third-order valence-electron chi connectivity index (χ3n) is 6.27. The van der Waals surface area contributed by atoms with Crippen molar-refractivity contribution in [1.29, 1.82) is 0 Å². The van der Waals surface area contributed by atoms with E-state index < -0.39 is 0 Å². The molecule has 1 saturated heterocycles. The van der Waals surface area contributed by atoms with Gasteiger partial charge in [-0.2, -0.15) is 5.10 Å². The van der Waals surface area contributed by atoms with Gasteiger partial charge in [0.15, 0.2) is 5.65 Å². The molecule has 0 radical (unpaired) electrons. The number of para-hydroxylation sites is 2. The number of aromatic nitrogens is 3. The maximum absolute atomic E-state index is 13.8. The molecule has 34 heavy (non-hydrogen) atoms. The van der Waals surface area contributed by atoms with Crippen molar-refractivity contribution < 1.29 is 9.53 Å². The van der Waals surface area contributed by atoms with E-state index in [-0.39, 0.29) is 11.9 Å². The van der Waals surface area contributed by atoms with E-state index in [0.717, 1.165) is 46.1 Å². The number of anilines is 1. The van der Waals surface area contributed by atoms with Crippen molar-refractivity contribution in [3.63, 3.8) is 0 Å². The van der Waals surface area contributed by atoms with E-state index in [1.54, 1.807) is 24.6 Å². The summed E-state index contributed by atoms with van der Waals surface area (Å²) in [7, 11) is 1.69. The van der Waals surface area contributed by atoms with Crippen LogP contribution in [-0.2, 0) is 0 Å². The van der Waals surface area contributed by atoms with Crippen molar-refractivity contribution in [2.45, 2.75) is 26.8 Å². The topological polar surface area (TPSA) is 63.5 Å². The van der Waals surface area contributed by atoms with Gasteiger partial charge in [-0.15, -0.1) is 11.3 Å². The number of aryl methyl sites for hydroxylation is 1. The molecule has 0 N–H and O–H groups in total. The lowest BCUT2D eigenvalue weighted by atomic mass is 10.1. The Balaban J connectivity index is 1.46. The van der Waals surface area contributed by atoms with Crippen molar-refractivity contribution >= 4 is 34.0 Å². The van der Waals surface area contributed by atoms with Crippen molar-refractivity contribution in [3.05, 3.63) is 59.1 Å². The van der Waals surface area contributed by atoms with Crippen LogP contribution in [0.4, 0.5) is 5.69 Å². The minimum Gasteiger partial charge on any atom is -0.495 e. The molecule has 7 nitrogen and oxygen atoms in total. The average molecular weight is 476 g/mol. The molecule has 0 bridgehead atoms. The second-order valence-electron chi connectivity index (χ2n) is 8.84. The molecular formula is C26H29N5O2S. The number of hydrogen-bond donors (Lipinski definition) is 0. The van der Waals surface area contributed by atoms with Crippen LogP contribution in [0.5, 0.6) is 5.75 Å². The molecule has 0 aliphatic carbocycles. The first-order valence-electron chi connectivity index (χ1n) is 11.6. The SMILES string of the molecule is COc1ccccc1N1CCN(C(=O)c2cc(-c3ccc(C)s3)nc3c2cnn3C(C)C)CC1. The minimum atomic E-state index is 0.0323. The van der Waals surface area contributed by atoms with Gasteiger partial charge in [0.25, 0.3) is 5.91 Å². The van der Waals surface area contributed by atoms with Gasteiger partial charge in [0.2, 0.25) is 0 Å². The fraction of sp³-hybridized carbons (Fsp3) is 0.346. The summed E-state index contributed by atoms with van der Waals surface area (Å²) >= 11 is 1.69. The number of fused-ring (bicyclic) bond motifs is 1. The van der Waals surface area contributed by atoms with Gasteiger partial charge in [-0.25, -0.2) is 9.67 Å². The Morgan fingerprint density at radius 2 is 1.85 bits per heavy atom. The van der Waals surface area contributed by atoms with E-state index in [9.17, 15) is 4.79 Å². The molecule has 1 amide bonds. The highest BCUT2D eigenvalue weighted by Gasteiger charge is 2.27. The van der Waals surface area contributed by atoms with Crippen molar-refractivity contribution in [3.8, 4) is 16.3 Å². The summed E-state index contributed by atoms with van der Waals surface area (Å²) in [6, 6.07) is 14.3. The summed E-state index contributed by atoms with van der Waals surface area (Å²) in [5.74, 6) is 0.889. The molecule has 5 rings (SSSR count). The predicted octanol–water partition coefficient (Wildman–Crippen LogP) is 5.02. The van der Waals surface area contributed by atoms with Gasteiger partial charge in [0.1, 0.15) is 5.75 Å². The number of benzene rings is 1. The van der Waals surface area contributed by atoms with E-state index in [4.69, 9.17) is 9.72 Å². The zero-order valence-corrected chi connectivity index (χ0v) is 20.8. The van der Waals surface area contributed by atoms with Crippen LogP contribution in [0, 0.1) is 6.92 Å². The molecule has 1 aliphatic rings. The first-order valence-corrected chi connectivity index (χ1v) is 12.4. The lowest BCUT2D eigenvalue weighted by Crippen LogP contribution is -2.49. The lowest BCUT2D eigenvalue weighted by Gasteiger charge is -2.36. The maximum Gasteiger partial charge on any atom is 0.254 e. The molecule has 4 aromatic rings. The van der Waals surface area contributed by atoms with Gasteiger partial charge in [0, 0.05) is 37.1 Å². The highest BCUT2D eigenvalue weighted by Crippen LogP contribution is 2.32. The largest absolute Gasteiger partial charge is 0.495 e. The molecule has 0 unspecified atom stereocenters. The molecule has 8 heteroatoms. The quantitative estimate of drug-likeness (QED) is 0.406.